The van der Waals surface area contributed by atoms with E-state index >= 15 is 0 Å². The first-order valence-electron chi connectivity index (χ1n) is 8.96. The predicted molar refractivity (Wildman–Crippen MR) is 109 cm³/mol. The summed E-state index contributed by atoms with van der Waals surface area (Å²) in [7, 11) is 0. The van der Waals surface area contributed by atoms with Crippen molar-refractivity contribution in [3.8, 4) is 6.07 Å². The molecule has 1 fully saturated rings. The monoisotopic (exact) mass is 444 g/mol. The molecule has 0 spiro atoms. The number of nitrogens with zero attached hydrogens (tertiary/aromatic N) is 5. The number of halogens is 2. The molecule has 1 saturated carbocycles. The third-order valence-corrected chi connectivity index (χ3v) is 5.59. The molecule has 0 unspecified atom stereocenters. The number of fused-ring (bicyclic) bond motifs is 1. The van der Waals surface area contributed by atoms with Crippen molar-refractivity contribution in [2.24, 2.45) is 5.92 Å². The molecule has 8 heteroatoms. The van der Waals surface area contributed by atoms with E-state index in [4.69, 9.17) is 11.6 Å². The molecular formula is C19H18BrClN6. The van der Waals surface area contributed by atoms with E-state index in [0.717, 1.165) is 35.8 Å². The smallest absolute Gasteiger partial charge is 0.236 e. The number of aromatic nitrogens is 4. The van der Waals surface area contributed by atoms with E-state index in [2.05, 4.69) is 36.2 Å². The van der Waals surface area contributed by atoms with Gasteiger partial charge in [-0.1, -0.05) is 36.6 Å². The molecular weight excluding hydrogens is 428 g/mol. The first-order valence-corrected chi connectivity index (χ1v) is 10.1. The van der Waals surface area contributed by atoms with Gasteiger partial charge in [0.05, 0.1) is 0 Å². The number of hydrogen-bond donors (Lipinski definition) is 1. The van der Waals surface area contributed by atoms with Gasteiger partial charge in [-0.25, -0.2) is 4.98 Å². The van der Waals surface area contributed by atoms with E-state index in [0.29, 0.717) is 22.7 Å². The molecule has 138 valence electrons. The normalized spacial score (nSPS) is 13.7. The highest BCUT2D eigenvalue weighted by atomic mass is 79.9. The number of benzene rings is 1. The second kappa shape index (κ2) is 7.83. The second-order valence-electron chi connectivity index (χ2n) is 6.75. The molecule has 2 aromatic heterocycles. The molecule has 0 radical (unpaired) electrons. The van der Waals surface area contributed by atoms with Crippen LogP contribution in [0.5, 0.6) is 0 Å². The van der Waals surface area contributed by atoms with E-state index in [9.17, 15) is 5.26 Å². The zero-order chi connectivity index (χ0) is 18.8. The molecule has 1 N–H and O–H groups in total. The molecule has 3 aromatic rings. The van der Waals surface area contributed by atoms with Crippen LogP contribution in [-0.4, -0.2) is 26.1 Å². The molecule has 6 nitrogen and oxygen atoms in total. The van der Waals surface area contributed by atoms with Crippen molar-refractivity contribution >= 4 is 44.5 Å². The molecule has 1 aliphatic rings. The minimum absolute atomic E-state index is 0.131. The molecule has 0 saturated heterocycles. The summed E-state index contributed by atoms with van der Waals surface area (Å²) in [5.41, 5.74) is 2.54. The lowest BCUT2D eigenvalue weighted by molar-refractivity contribution is 0.698. The second-order valence-corrected chi connectivity index (χ2v) is 7.89. The van der Waals surface area contributed by atoms with Crippen LogP contribution < -0.4 is 5.32 Å². The molecule has 4 rings (SSSR count). The molecule has 1 aromatic carbocycles. The van der Waals surface area contributed by atoms with Gasteiger partial charge in [-0.2, -0.15) is 15.2 Å². The number of imidazole rings is 1. The SMILES string of the molecule is N#Cc1nc(NCCC2CC2)c2c(n1)nc(Br)n2CCc1ccc(Cl)cc1. The quantitative estimate of drug-likeness (QED) is 0.539. The van der Waals surface area contributed by atoms with Gasteiger partial charge in [0.25, 0.3) is 0 Å². The molecule has 0 atom stereocenters. The maximum absolute atomic E-state index is 9.24. The summed E-state index contributed by atoms with van der Waals surface area (Å²) in [6.45, 7) is 1.55. The summed E-state index contributed by atoms with van der Waals surface area (Å²) in [6.07, 6.45) is 4.57. The van der Waals surface area contributed by atoms with Crippen molar-refractivity contribution < 1.29 is 0 Å². The average molecular weight is 446 g/mol. The van der Waals surface area contributed by atoms with Crippen LogP contribution in [0.25, 0.3) is 11.2 Å². The van der Waals surface area contributed by atoms with Crippen molar-refractivity contribution in [3.63, 3.8) is 0 Å². The molecule has 0 amide bonds. The largest absolute Gasteiger partial charge is 0.368 e. The van der Waals surface area contributed by atoms with Crippen molar-refractivity contribution in [1.82, 2.24) is 19.5 Å². The number of anilines is 1. The number of hydrogen-bond acceptors (Lipinski definition) is 5. The predicted octanol–water partition coefficient (Wildman–Crippen LogP) is 4.57. The Labute approximate surface area is 170 Å². The van der Waals surface area contributed by atoms with Gasteiger partial charge >= 0.3 is 0 Å². The third kappa shape index (κ3) is 4.23. The lowest BCUT2D eigenvalue weighted by Crippen LogP contribution is -2.10. The Balaban J connectivity index is 1.62. The first-order chi connectivity index (χ1) is 13.1. The lowest BCUT2D eigenvalue weighted by atomic mass is 10.1. The van der Waals surface area contributed by atoms with E-state index in [1.165, 1.54) is 18.4 Å². The highest BCUT2D eigenvalue weighted by molar-refractivity contribution is 9.10. The van der Waals surface area contributed by atoms with Crippen LogP contribution in [-0.2, 0) is 13.0 Å². The average Bonchev–Trinajstić information content (AvgIpc) is 3.43. The standard InChI is InChI=1S/C19H18BrClN6/c20-19-26-18-16(27(19)10-8-13-3-5-14(21)6-4-13)17(24-15(11-22)25-18)23-9-7-12-1-2-12/h3-6,12H,1-2,7-10H2,(H,23,24,25). The highest BCUT2D eigenvalue weighted by Crippen LogP contribution is 2.32. The fourth-order valence-corrected chi connectivity index (χ4v) is 3.73. The van der Waals surface area contributed by atoms with Crippen LogP contribution in [0.2, 0.25) is 5.02 Å². The van der Waals surface area contributed by atoms with E-state index < -0.39 is 0 Å². The summed E-state index contributed by atoms with van der Waals surface area (Å²) in [6, 6.07) is 9.86. The molecule has 0 bridgehead atoms. The Morgan fingerprint density at radius 3 is 2.70 bits per heavy atom. The first kappa shape index (κ1) is 18.2. The maximum atomic E-state index is 9.24. The van der Waals surface area contributed by atoms with Gasteiger partial charge in [0.2, 0.25) is 5.82 Å². The number of rotatable bonds is 7. The zero-order valence-corrected chi connectivity index (χ0v) is 17.0. The van der Waals surface area contributed by atoms with Crippen LogP contribution in [0.15, 0.2) is 29.0 Å². The molecule has 27 heavy (non-hydrogen) atoms. The van der Waals surface area contributed by atoms with Crippen molar-refractivity contribution in [3.05, 3.63) is 45.4 Å². The van der Waals surface area contributed by atoms with Gasteiger partial charge in [0, 0.05) is 18.1 Å². The molecule has 0 aliphatic heterocycles. The Morgan fingerprint density at radius 2 is 2.00 bits per heavy atom. The van der Waals surface area contributed by atoms with E-state index in [1.807, 2.05) is 34.9 Å². The topological polar surface area (TPSA) is 79.4 Å². The van der Waals surface area contributed by atoms with Crippen LogP contribution in [0.4, 0.5) is 5.82 Å². The number of nitriles is 1. The molecule has 1 aliphatic carbocycles. The van der Waals surface area contributed by atoms with Crippen LogP contribution in [0, 0.1) is 17.2 Å². The summed E-state index contributed by atoms with van der Waals surface area (Å²) < 4.78 is 2.73. The van der Waals surface area contributed by atoms with Crippen molar-refractivity contribution in [2.45, 2.75) is 32.2 Å². The van der Waals surface area contributed by atoms with E-state index in [1.54, 1.807) is 0 Å². The zero-order valence-electron chi connectivity index (χ0n) is 14.6. The van der Waals surface area contributed by atoms with Gasteiger partial charge in [-0.15, -0.1) is 0 Å². The van der Waals surface area contributed by atoms with Crippen molar-refractivity contribution in [2.75, 3.05) is 11.9 Å². The minimum atomic E-state index is 0.131. The molecule has 2 heterocycles. The number of nitrogens with one attached hydrogen (secondary N) is 1. The van der Waals surface area contributed by atoms with Gasteiger partial charge in [-0.05, 0) is 52.4 Å². The van der Waals surface area contributed by atoms with Gasteiger partial charge in [0.15, 0.2) is 16.2 Å². The fraction of sp³-hybridized carbons (Fsp3) is 0.368. The van der Waals surface area contributed by atoms with Crippen LogP contribution >= 0.6 is 27.5 Å². The Hall–Kier alpha value is -2.17. The van der Waals surface area contributed by atoms with Gasteiger partial charge < -0.3 is 9.88 Å². The van der Waals surface area contributed by atoms with Crippen LogP contribution in [0.1, 0.15) is 30.7 Å². The van der Waals surface area contributed by atoms with Gasteiger partial charge in [0.1, 0.15) is 11.6 Å². The lowest BCUT2D eigenvalue weighted by Gasteiger charge is -2.11. The number of aryl methyl sites for hydroxylation is 2. The van der Waals surface area contributed by atoms with Crippen LogP contribution in [0.3, 0.4) is 0 Å². The summed E-state index contributed by atoms with van der Waals surface area (Å²) in [5, 5.41) is 13.4. The Morgan fingerprint density at radius 1 is 1.22 bits per heavy atom. The maximum Gasteiger partial charge on any atom is 0.236 e. The summed E-state index contributed by atoms with van der Waals surface area (Å²) in [4.78, 5) is 13.1. The van der Waals surface area contributed by atoms with Gasteiger partial charge in [-0.3, -0.25) is 0 Å². The van der Waals surface area contributed by atoms with E-state index in [-0.39, 0.29) is 5.82 Å². The minimum Gasteiger partial charge on any atom is -0.368 e. The fourth-order valence-electron chi connectivity index (χ4n) is 3.08. The Kier molecular flexibility index (Phi) is 5.28. The third-order valence-electron chi connectivity index (χ3n) is 4.74. The Bertz CT molecular complexity index is 1000. The summed E-state index contributed by atoms with van der Waals surface area (Å²) >= 11 is 9.49. The van der Waals surface area contributed by atoms with Crippen molar-refractivity contribution in [1.29, 1.82) is 5.26 Å². The summed E-state index contributed by atoms with van der Waals surface area (Å²) in [5.74, 6) is 1.63. The highest BCUT2D eigenvalue weighted by Gasteiger charge is 2.21.